The van der Waals surface area contributed by atoms with Crippen molar-refractivity contribution in [3.63, 3.8) is 0 Å². The summed E-state index contributed by atoms with van der Waals surface area (Å²) in [5.74, 6) is 2.31. The molecule has 0 aromatic heterocycles. The minimum absolute atomic E-state index is 0.786. The van der Waals surface area contributed by atoms with E-state index in [1.807, 2.05) is 37.5 Å². The van der Waals surface area contributed by atoms with Gasteiger partial charge in [-0.05, 0) is 23.2 Å². The van der Waals surface area contributed by atoms with Gasteiger partial charge in [-0.2, -0.15) is 0 Å². The molecule has 0 saturated heterocycles. The van der Waals surface area contributed by atoms with Gasteiger partial charge in [0.15, 0.2) is 0 Å². The Kier molecular flexibility index (Phi) is 2.97. The average molecular weight is 178 g/mol. The van der Waals surface area contributed by atoms with E-state index in [9.17, 15) is 0 Å². The highest BCUT2D eigenvalue weighted by atomic mass is 32.1. The Bertz CT molecular complexity index is 368. The van der Waals surface area contributed by atoms with Gasteiger partial charge in [-0.3, -0.25) is 5.41 Å². The van der Waals surface area contributed by atoms with E-state index in [0.717, 1.165) is 10.4 Å². The molecule has 0 saturated carbocycles. The molecular weight excluding hydrogens is 168 g/mol. The molecule has 0 unspecified atom stereocenters. The van der Waals surface area contributed by atoms with Gasteiger partial charge in [-0.1, -0.05) is 24.9 Å². The molecule has 1 aromatic carbocycles. The zero-order valence-corrected chi connectivity index (χ0v) is 7.68. The SMILES string of the molecule is CN(S)C=c1ccc(=C=N)cc1. The average Bonchev–Trinajstić information content (AvgIpc) is 2.05. The third-order valence-corrected chi connectivity index (χ3v) is 1.51. The van der Waals surface area contributed by atoms with Crippen molar-refractivity contribution in [1.82, 2.24) is 4.31 Å². The standard InChI is InChI=1S/C9H10N2S/c1-11(12)7-9-4-2-8(6-10)3-5-9/h2-5,7,10,12H,1H3. The highest BCUT2D eigenvalue weighted by Gasteiger charge is 1.80. The maximum atomic E-state index is 6.87. The summed E-state index contributed by atoms with van der Waals surface area (Å²) in [4.78, 5) is 0. The topological polar surface area (TPSA) is 27.1 Å². The number of hydrogen-bond donors (Lipinski definition) is 2. The molecule has 0 aliphatic heterocycles. The first kappa shape index (κ1) is 8.91. The molecule has 12 heavy (non-hydrogen) atoms. The summed E-state index contributed by atoms with van der Waals surface area (Å²) < 4.78 is 1.68. The Hall–Kier alpha value is -1.18. The van der Waals surface area contributed by atoms with Crippen LogP contribution >= 0.6 is 12.8 Å². The van der Waals surface area contributed by atoms with Gasteiger partial charge in [0.1, 0.15) is 0 Å². The Morgan fingerprint density at radius 3 is 2.42 bits per heavy atom. The molecule has 1 rings (SSSR count). The molecule has 0 amide bonds. The number of thiol groups is 1. The predicted molar refractivity (Wildman–Crippen MR) is 53.7 cm³/mol. The van der Waals surface area contributed by atoms with Crippen molar-refractivity contribution in [2.24, 2.45) is 0 Å². The van der Waals surface area contributed by atoms with Crippen molar-refractivity contribution in [1.29, 1.82) is 5.41 Å². The number of hydrogen-bond acceptors (Lipinski definition) is 3. The fourth-order valence-electron chi connectivity index (χ4n) is 0.868. The Balaban J connectivity index is 3.17. The van der Waals surface area contributed by atoms with Crippen LogP contribution in [0.4, 0.5) is 0 Å². The fourth-order valence-corrected chi connectivity index (χ4v) is 1.00. The van der Waals surface area contributed by atoms with Crippen LogP contribution in [0.1, 0.15) is 0 Å². The van der Waals surface area contributed by atoms with E-state index < -0.39 is 0 Å². The molecule has 3 heteroatoms. The maximum absolute atomic E-state index is 6.87. The van der Waals surface area contributed by atoms with E-state index in [1.54, 1.807) is 4.31 Å². The Morgan fingerprint density at radius 1 is 1.42 bits per heavy atom. The lowest BCUT2D eigenvalue weighted by Gasteiger charge is -2.00. The normalized spacial score (nSPS) is 8.83. The molecule has 0 radical (unpaired) electrons. The van der Waals surface area contributed by atoms with Crippen molar-refractivity contribution >= 4 is 24.9 Å². The van der Waals surface area contributed by atoms with Crippen molar-refractivity contribution in [2.75, 3.05) is 7.05 Å². The summed E-state index contributed by atoms with van der Waals surface area (Å²) >= 11 is 4.08. The molecule has 1 aromatic rings. The third kappa shape index (κ3) is 2.46. The van der Waals surface area contributed by atoms with E-state index in [2.05, 4.69) is 18.7 Å². The van der Waals surface area contributed by atoms with Crippen LogP contribution in [0.25, 0.3) is 6.20 Å². The van der Waals surface area contributed by atoms with Gasteiger partial charge < -0.3 is 4.31 Å². The molecule has 1 N–H and O–H groups in total. The van der Waals surface area contributed by atoms with Gasteiger partial charge >= 0.3 is 0 Å². The second kappa shape index (κ2) is 4.00. The zero-order valence-electron chi connectivity index (χ0n) is 6.78. The Labute approximate surface area is 76.9 Å². The molecule has 0 heterocycles. The fraction of sp³-hybridized carbons (Fsp3) is 0.111. The lowest BCUT2D eigenvalue weighted by atomic mass is 10.3. The van der Waals surface area contributed by atoms with Crippen LogP contribution in [0.3, 0.4) is 0 Å². The van der Waals surface area contributed by atoms with Crippen LogP contribution in [0.15, 0.2) is 24.3 Å². The van der Waals surface area contributed by atoms with E-state index >= 15 is 0 Å². The molecule has 0 aliphatic rings. The summed E-state index contributed by atoms with van der Waals surface area (Å²) in [5.41, 5.74) is 0. The molecule has 0 fully saturated rings. The predicted octanol–water partition coefficient (Wildman–Crippen LogP) is 0.121. The molecule has 2 nitrogen and oxygen atoms in total. The minimum atomic E-state index is 0.786. The summed E-state index contributed by atoms with van der Waals surface area (Å²) in [6.45, 7) is 0. The van der Waals surface area contributed by atoms with Crippen molar-refractivity contribution in [3.8, 4) is 0 Å². The first-order chi connectivity index (χ1) is 5.72. The highest BCUT2D eigenvalue weighted by Crippen LogP contribution is 1.84. The first-order valence-electron chi connectivity index (χ1n) is 3.52. The summed E-state index contributed by atoms with van der Waals surface area (Å²) in [6, 6.07) is 7.53. The number of nitrogens with zero attached hydrogens (tertiary/aromatic N) is 1. The minimum Gasteiger partial charge on any atom is -0.328 e. The number of rotatable bonds is 1. The lowest BCUT2D eigenvalue weighted by Crippen LogP contribution is -2.10. The highest BCUT2D eigenvalue weighted by molar-refractivity contribution is 7.78. The van der Waals surface area contributed by atoms with Gasteiger partial charge in [-0.25, -0.2) is 0 Å². The maximum Gasteiger partial charge on any atom is 0.0354 e. The van der Waals surface area contributed by atoms with Gasteiger partial charge in [0.05, 0.1) is 0 Å². The van der Waals surface area contributed by atoms with E-state index in [-0.39, 0.29) is 0 Å². The molecule has 62 valence electrons. The number of nitrogens with one attached hydrogen (secondary N) is 1. The van der Waals surface area contributed by atoms with Crippen molar-refractivity contribution < 1.29 is 0 Å². The first-order valence-corrected chi connectivity index (χ1v) is 3.92. The molecule has 0 atom stereocenters. The van der Waals surface area contributed by atoms with Gasteiger partial charge in [0.25, 0.3) is 0 Å². The third-order valence-electron chi connectivity index (χ3n) is 1.39. The van der Waals surface area contributed by atoms with Crippen LogP contribution in [-0.2, 0) is 0 Å². The number of benzene rings is 1. The van der Waals surface area contributed by atoms with Gasteiger partial charge in [-0.15, -0.1) is 0 Å². The van der Waals surface area contributed by atoms with Crippen molar-refractivity contribution in [2.45, 2.75) is 0 Å². The summed E-state index contributed by atoms with van der Waals surface area (Å²) in [5, 5.41) is 8.72. The van der Waals surface area contributed by atoms with Crippen LogP contribution in [0, 0.1) is 5.41 Å². The van der Waals surface area contributed by atoms with Gasteiger partial charge in [0.2, 0.25) is 0 Å². The van der Waals surface area contributed by atoms with Crippen LogP contribution < -0.4 is 10.4 Å². The largest absolute Gasteiger partial charge is 0.328 e. The van der Waals surface area contributed by atoms with E-state index in [1.165, 1.54) is 0 Å². The Morgan fingerprint density at radius 2 is 2.00 bits per heavy atom. The molecule has 0 spiro atoms. The van der Waals surface area contributed by atoms with E-state index in [0.29, 0.717) is 0 Å². The quantitative estimate of drug-likeness (QED) is 0.464. The second-order valence-electron chi connectivity index (χ2n) is 2.45. The molecular formula is C9H10N2S. The van der Waals surface area contributed by atoms with Gasteiger partial charge in [0, 0.05) is 18.5 Å². The smallest absolute Gasteiger partial charge is 0.0354 e. The zero-order chi connectivity index (χ0) is 8.97. The van der Waals surface area contributed by atoms with Crippen LogP contribution in [0.2, 0.25) is 0 Å². The lowest BCUT2D eigenvalue weighted by molar-refractivity contribution is 0.849. The summed E-state index contributed by atoms with van der Waals surface area (Å²) in [6.07, 6.45) is 1.89. The van der Waals surface area contributed by atoms with Crippen LogP contribution in [-0.4, -0.2) is 17.2 Å². The molecule has 0 bridgehead atoms. The monoisotopic (exact) mass is 178 g/mol. The molecule has 0 aliphatic carbocycles. The second-order valence-corrected chi connectivity index (χ2v) is 3.08. The van der Waals surface area contributed by atoms with E-state index in [4.69, 9.17) is 5.41 Å². The van der Waals surface area contributed by atoms with Crippen LogP contribution in [0.5, 0.6) is 0 Å². The van der Waals surface area contributed by atoms with Crippen molar-refractivity contribution in [3.05, 3.63) is 34.7 Å². The summed E-state index contributed by atoms with van der Waals surface area (Å²) in [7, 11) is 1.85.